The van der Waals surface area contributed by atoms with Crippen LogP contribution >= 0.6 is 0 Å². The van der Waals surface area contributed by atoms with Gasteiger partial charge in [-0.3, -0.25) is 0 Å². The Hall–Kier alpha value is -1.02. The third-order valence-electron chi connectivity index (χ3n) is 3.86. The fourth-order valence-electron chi connectivity index (χ4n) is 3.04. The van der Waals surface area contributed by atoms with E-state index in [0.717, 1.165) is 12.6 Å². The molecule has 0 aromatic heterocycles. The van der Waals surface area contributed by atoms with Crippen LogP contribution in [0.2, 0.25) is 0 Å². The van der Waals surface area contributed by atoms with Crippen LogP contribution in [-0.4, -0.2) is 25.7 Å². The summed E-state index contributed by atoms with van der Waals surface area (Å²) in [6.07, 6.45) is 5.24. The molecule has 0 saturated carbocycles. The molecular weight excluding hydrogens is 196 g/mol. The summed E-state index contributed by atoms with van der Waals surface area (Å²) in [6.45, 7) is 3.60. The first kappa shape index (κ1) is 10.2. The molecule has 1 fully saturated rings. The van der Waals surface area contributed by atoms with Gasteiger partial charge in [0.2, 0.25) is 0 Å². The zero-order valence-electron chi connectivity index (χ0n) is 9.78. The van der Waals surface area contributed by atoms with Gasteiger partial charge >= 0.3 is 0 Å². The molecule has 2 nitrogen and oxygen atoms in total. The van der Waals surface area contributed by atoms with Crippen molar-refractivity contribution in [3.05, 3.63) is 29.8 Å². The second kappa shape index (κ2) is 4.46. The molecule has 0 spiro atoms. The van der Waals surface area contributed by atoms with Crippen LogP contribution in [0, 0.1) is 0 Å². The molecule has 0 radical (unpaired) electrons. The number of aryl methyl sites for hydroxylation is 1. The highest BCUT2D eigenvalue weighted by molar-refractivity contribution is 5.56. The van der Waals surface area contributed by atoms with Crippen LogP contribution in [0.1, 0.15) is 24.8 Å². The van der Waals surface area contributed by atoms with Gasteiger partial charge in [0.25, 0.3) is 0 Å². The Morgan fingerprint density at radius 2 is 2.12 bits per heavy atom. The quantitative estimate of drug-likeness (QED) is 0.774. The average Bonchev–Trinajstić information content (AvgIpc) is 2.39. The summed E-state index contributed by atoms with van der Waals surface area (Å²) in [7, 11) is 0. The lowest BCUT2D eigenvalue weighted by atomic mass is 9.97. The fraction of sp³-hybridized carbons (Fsp3) is 0.571. The second-order valence-electron chi connectivity index (χ2n) is 4.93. The van der Waals surface area contributed by atoms with Crippen LogP contribution in [0.3, 0.4) is 0 Å². The standard InChI is InChI=1S/C14H20N2/c1-2-8-14-12(5-1)6-4-10-16(14)13-7-3-9-15-11-13/h1-2,5,8,13,15H,3-4,6-7,9-11H2/t13-/m1/s1. The van der Waals surface area contributed by atoms with Crippen LogP contribution in [0.25, 0.3) is 0 Å². The summed E-state index contributed by atoms with van der Waals surface area (Å²) >= 11 is 0. The predicted octanol–water partition coefficient (Wildman–Crippen LogP) is 2.19. The number of para-hydroxylation sites is 1. The lowest BCUT2D eigenvalue weighted by Gasteiger charge is -2.40. The van der Waals surface area contributed by atoms with E-state index in [9.17, 15) is 0 Å². The lowest BCUT2D eigenvalue weighted by Crippen LogP contribution is -2.48. The van der Waals surface area contributed by atoms with E-state index in [1.165, 1.54) is 44.5 Å². The van der Waals surface area contributed by atoms with Crippen LogP contribution in [0.15, 0.2) is 24.3 Å². The molecule has 1 aromatic carbocycles. The first-order chi connectivity index (χ1) is 7.95. The van der Waals surface area contributed by atoms with Crippen LogP contribution in [-0.2, 0) is 6.42 Å². The van der Waals surface area contributed by atoms with Crippen molar-refractivity contribution in [3.8, 4) is 0 Å². The molecule has 1 aromatic rings. The third-order valence-corrected chi connectivity index (χ3v) is 3.86. The summed E-state index contributed by atoms with van der Waals surface area (Å²) in [6, 6.07) is 9.64. The Balaban J connectivity index is 1.86. The topological polar surface area (TPSA) is 15.3 Å². The fourth-order valence-corrected chi connectivity index (χ4v) is 3.04. The van der Waals surface area contributed by atoms with Gasteiger partial charge in [-0.25, -0.2) is 0 Å². The molecule has 0 aliphatic carbocycles. The van der Waals surface area contributed by atoms with E-state index < -0.39 is 0 Å². The van der Waals surface area contributed by atoms with Gasteiger partial charge in [0.05, 0.1) is 0 Å². The molecule has 2 aliphatic rings. The van der Waals surface area contributed by atoms with Gasteiger partial charge in [0.1, 0.15) is 0 Å². The average molecular weight is 216 g/mol. The Morgan fingerprint density at radius 3 is 3.00 bits per heavy atom. The minimum Gasteiger partial charge on any atom is -0.367 e. The van der Waals surface area contributed by atoms with Crippen molar-refractivity contribution >= 4 is 5.69 Å². The molecule has 1 N–H and O–H groups in total. The number of fused-ring (bicyclic) bond motifs is 1. The van der Waals surface area contributed by atoms with E-state index in [2.05, 4.69) is 34.5 Å². The number of nitrogens with one attached hydrogen (secondary N) is 1. The Bertz CT molecular complexity index is 356. The summed E-state index contributed by atoms with van der Waals surface area (Å²) in [5.41, 5.74) is 3.03. The van der Waals surface area contributed by atoms with Gasteiger partial charge in [-0.05, 0) is 43.9 Å². The van der Waals surface area contributed by atoms with Crippen molar-refractivity contribution < 1.29 is 0 Å². The minimum absolute atomic E-state index is 0.718. The summed E-state index contributed by atoms with van der Waals surface area (Å²) in [5.74, 6) is 0. The summed E-state index contributed by atoms with van der Waals surface area (Å²) < 4.78 is 0. The van der Waals surface area contributed by atoms with E-state index in [-0.39, 0.29) is 0 Å². The summed E-state index contributed by atoms with van der Waals surface area (Å²) in [4.78, 5) is 2.63. The van der Waals surface area contributed by atoms with Crippen molar-refractivity contribution in [1.82, 2.24) is 5.32 Å². The van der Waals surface area contributed by atoms with Gasteiger partial charge in [0, 0.05) is 24.8 Å². The van der Waals surface area contributed by atoms with Gasteiger partial charge in [0.15, 0.2) is 0 Å². The normalized spacial score (nSPS) is 25.2. The minimum atomic E-state index is 0.718. The number of hydrogen-bond acceptors (Lipinski definition) is 2. The van der Waals surface area contributed by atoms with Crippen molar-refractivity contribution in [3.63, 3.8) is 0 Å². The first-order valence-electron chi connectivity index (χ1n) is 6.50. The number of benzene rings is 1. The van der Waals surface area contributed by atoms with Crippen LogP contribution in [0.5, 0.6) is 0 Å². The van der Waals surface area contributed by atoms with E-state index in [1.54, 1.807) is 5.56 Å². The lowest BCUT2D eigenvalue weighted by molar-refractivity contribution is 0.424. The molecule has 2 aliphatic heterocycles. The van der Waals surface area contributed by atoms with Crippen molar-refractivity contribution in [2.45, 2.75) is 31.7 Å². The highest BCUT2D eigenvalue weighted by Crippen LogP contribution is 2.29. The largest absolute Gasteiger partial charge is 0.367 e. The van der Waals surface area contributed by atoms with E-state index in [4.69, 9.17) is 0 Å². The molecule has 1 saturated heterocycles. The highest BCUT2D eigenvalue weighted by Gasteiger charge is 2.24. The van der Waals surface area contributed by atoms with Crippen molar-refractivity contribution in [1.29, 1.82) is 0 Å². The number of rotatable bonds is 1. The Labute approximate surface area is 97.6 Å². The monoisotopic (exact) mass is 216 g/mol. The van der Waals surface area contributed by atoms with Gasteiger partial charge < -0.3 is 10.2 Å². The van der Waals surface area contributed by atoms with E-state index in [1.807, 2.05) is 0 Å². The van der Waals surface area contributed by atoms with E-state index >= 15 is 0 Å². The maximum absolute atomic E-state index is 3.52. The SMILES string of the molecule is c1ccc2c(c1)CCCN2[C@@H]1CCCNC1. The Kier molecular flexibility index (Phi) is 2.83. The zero-order chi connectivity index (χ0) is 10.8. The Morgan fingerprint density at radius 1 is 1.19 bits per heavy atom. The smallest absolute Gasteiger partial charge is 0.0415 e. The third kappa shape index (κ3) is 1.82. The maximum Gasteiger partial charge on any atom is 0.0415 e. The molecule has 0 bridgehead atoms. The van der Waals surface area contributed by atoms with Gasteiger partial charge in [-0.15, -0.1) is 0 Å². The molecule has 16 heavy (non-hydrogen) atoms. The number of anilines is 1. The van der Waals surface area contributed by atoms with E-state index in [0.29, 0.717) is 0 Å². The number of piperidine rings is 1. The zero-order valence-corrected chi connectivity index (χ0v) is 9.78. The van der Waals surface area contributed by atoms with Crippen LogP contribution < -0.4 is 10.2 Å². The molecule has 2 heterocycles. The second-order valence-corrected chi connectivity index (χ2v) is 4.93. The molecule has 1 atom stereocenters. The highest BCUT2D eigenvalue weighted by atomic mass is 15.2. The van der Waals surface area contributed by atoms with Crippen molar-refractivity contribution in [2.75, 3.05) is 24.5 Å². The maximum atomic E-state index is 3.52. The molecule has 86 valence electrons. The molecule has 3 rings (SSSR count). The molecule has 0 unspecified atom stereocenters. The van der Waals surface area contributed by atoms with Crippen molar-refractivity contribution in [2.24, 2.45) is 0 Å². The summed E-state index contributed by atoms with van der Waals surface area (Å²) in [5, 5.41) is 3.52. The molecule has 2 heteroatoms. The van der Waals surface area contributed by atoms with Crippen LogP contribution in [0.4, 0.5) is 5.69 Å². The molecule has 0 amide bonds. The van der Waals surface area contributed by atoms with Gasteiger partial charge in [-0.2, -0.15) is 0 Å². The number of hydrogen-bond donors (Lipinski definition) is 1. The first-order valence-corrected chi connectivity index (χ1v) is 6.50. The number of nitrogens with zero attached hydrogens (tertiary/aromatic N) is 1. The predicted molar refractivity (Wildman–Crippen MR) is 68.0 cm³/mol. The van der Waals surface area contributed by atoms with Gasteiger partial charge in [-0.1, -0.05) is 18.2 Å². The molecular formula is C14H20N2.